The lowest BCUT2D eigenvalue weighted by Crippen LogP contribution is -2.18. The number of hydrogen-bond acceptors (Lipinski definition) is 5. The van der Waals surface area contributed by atoms with Crippen LogP contribution in [0.3, 0.4) is 0 Å². The van der Waals surface area contributed by atoms with E-state index in [0.717, 1.165) is 19.3 Å². The van der Waals surface area contributed by atoms with Gasteiger partial charge in [0.1, 0.15) is 11.9 Å². The fraction of sp³-hybridized carbons (Fsp3) is 0.333. The SMILES string of the molecule is O=Cc1nn(C2CCCCO2)cc1NC(=O)c1cccnc1. The Kier molecular flexibility index (Phi) is 4.24. The Labute approximate surface area is 127 Å². The third-order valence-corrected chi connectivity index (χ3v) is 3.49. The van der Waals surface area contributed by atoms with Gasteiger partial charge in [0, 0.05) is 19.0 Å². The number of ether oxygens (including phenoxy) is 1. The summed E-state index contributed by atoms with van der Waals surface area (Å²) in [5.41, 5.74) is 0.977. The third kappa shape index (κ3) is 3.04. The molecule has 114 valence electrons. The van der Waals surface area contributed by atoms with Gasteiger partial charge in [-0.1, -0.05) is 0 Å². The van der Waals surface area contributed by atoms with Crippen molar-refractivity contribution in [2.24, 2.45) is 0 Å². The maximum atomic E-state index is 12.1. The molecule has 1 N–H and O–H groups in total. The molecule has 1 saturated heterocycles. The second-order valence-electron chi connectivity index (χ2n) is 5.04. The van der Waals surface area contributed by atoms with Crippen molar-refractivity contribution in [3.8, 4) is 0 Å². The molecule has 1 atom stereocenters. The lowest BCUT2D eigenvalue weighted by atomic mass is 10.2. The van der Waals surface area contributed by atoms with Gasteiger partial charge in [0.05, 0.1) is 17.4 Å². The third-order valence-electron chi connectivity index (χ3n) is 3.49. The molecule has 7 nitrogen and oxygen atoms in total. The van der Waals surface area contributed by atoms with E-state index >= 15 is 0 Å². The van der Waals surface area contributed by atoms with Crippen LogP contribution in [0.2, 0.25) is 0 Å². The standard InChI is InChI=1S/C15H16N4O3/c20-10-13-12(17-15(21)11-4-3-6-16-8-11)9-19(18-13)14-5-1-2-7-22-14/h3-4,6,8-10,14H,1-2,5,7H2,(H,17,21). The number of amides is 1. The van der Waals surface area contributed by atoms with Crippen molar-refractivity contribution in [2.45, 2.75) is 25.5 Å². The molecule has 1 amide bonds. The quantitative estimate of drug-likeness (QED) is 0.873. The first-order valence-corrected chi connectivity index (χ1v) is 7.15. The Balaban J connectivity index is 1.79. The number of carbonyl (C=O) groups is 2. The molecule has 2 aromatic rings. The molecule has 0 bridgehead atoms. The van der Waals surface area contributed by atoms with E-state index in [1.807, 2.05) is 0 Å². The molecule has 0 radical (unpaired) electrons. The minimum Gasteiger partial charge on any atom is -0.357 e. The Bertz CT molecular complexity index is 663. The van der Waals surface area contributed by atoms with E-state index in [-0.39, 0.29) is 17.8 Å². The summed E-state index contributed by atoms with van der Waals surface area (Å²) < 4.78 is 7.23. The Morgan fingerprint density at radius 1 is 1.45 bits per heavy atom. The van der Waals surface area contributed by atoms with Gasteiger partial charge in [-0.15, -0.1) is 0 Å². The molecule has 0 aromatic carbocycles. The van der Waals surface area contributed by atoms with Crippen LogP contribution >= 0.6 is 0 Å². The zero-order valence-electron chi connectivity index (χ0n) is 11.9. The van der Waals surface area contributed by atoms with E-state index in [1.54, 1.807) is 29.2 Å². The van der Waals surface area contributed by atoms with Gasteiger partial charge in [0.15, 0.2) is 6.29 Å². The van der Waals surface area contributed by atoms with Crippen molar-refractivity contribution < 1.29 is 14.3 Å². The Morgan fingerprint density at radius 3 is 3.05 bits per heavy atom. The predicted molar refractivity (Wildman–Crippen MR) is 78.6 cm³/mol. The van der Waals surface area contributed by atoms with Gasteiger partial charge in [-0.2, -0.15) is 5.10 Å². The van der Waals surface area contributed by atoms with Crippen molar-refractivity contribution in [3.63, 3.8) is 0 Å². The molecule has 1 unspecified atom stereocenters. The smallest absolute Gasteiger partial charge is 0.257 e. The highest BCUT2D eigenvalue weighted by atomic mass is 16.5. The summed E-state index contributed by atoms with van der Waals surface area (Å²) in [5, 5.41) is 6.88. The normalized spacial score (nSPS) is 17.9. The zero-order chi connectivity index (χ0) is 15.4. The summed E-state index contributed by atoms with van der Waals surface area (Å²) in [6.45, 7) is 0.679. The van der Waals surface area contributed by atoms with Gasteiger partial charge in [-0.3, -0.25) is 14.6 Å². The Hall–Kier alpha value is -2.54. The topological polar surface area (TPSA) is 86.1 Å². The van der Waals surface area contributed by atoms with Gasteiger partial charge >= 0.3 is 0 Å². The van der Waals surface area contributed by atoms with Crippen LogP contribution in [0.1, 0.15) is 46.3 Å². The van der Waals surface area contributed by atoms with Gasteiger partial charge in [0.2, 0.25) is 0 Å². The van der Waals surface area contributed by atoms with E-state index < -0.39 is 0 Å². The molecule has 7 heteroatoms. The zero-order valence-corrected chi connectivity index (χ0v) is 11.9. The number of pyridine rings is 1. The summed E-state index contributed by atoms with van der Waals surface area (Å²) >= 11 is 0. The summed E-state index contributed by atoms with van der Waals surface area (Å²) in [6, 6.07) is 3.33. The number of rotatable bonds is 4. The van der Waals surface area contributed by atoms with Crippen LogP contribution in [0, 0.1) is 0 Å². The van der Waals surface area contributed by atoms with Crippen molar-refractivity contribution in [2.75, 3.05) is 11.9 Å². The van der Waals surface area contributed by atoms with Crippen molar-refractivity contribution in [1.29, 1.82) is 0 Å². The maximum Gasteiger partial charge on any atom is 0.257 e. The molecule has 1 aliphatic rings. The van der Waals surface area contributed by atoms with Crippen LogP contribution in [-0.4, -0.2) is 33.6 Å². The maximum absolute atomic E-state index is 12.1. The van der Waals surface area contributed by atoms with Crippen LogP contribution in [0.5, 0.6) is 0 Å². The highest BCUT2D eigenvalue weighted by Crippen LogP contribution is 2.24. The fourth-order valence-electron chi connectivity index (χ4n) is 2.36. The van der Waals surface area contributed by atoms with Crippen molar-refractivity contribution >= 4 is 17.9 Å². The van der Waals surface area contributed by atoms with Crippen molar-refractivity contribution in [1.82, 2.24) is 14.8 Å². The predicted octanol–water partition coefficient (Wildman–Crippen LogP) is 2.04. The van der Waals surface area contributed by atoms with Gasteiger partial charge in [-0.05, 0) is 31.4 Å². The molecule has 0 spiro atoms. The number of hydrogen-bond donors (Lipinski definition) is 1. The van der Waals surface area contributed by atoms with E-state index in [1.165, 1.54) is 6.20 Å². The fourth-order valence-corrected chi connectivity index (χ4v) is 2.36. The van der Waals surface area contributed by atoms with Crippen LogP contribution in [-0.2, 0) is 4.74 Å². The largest absolute Gasteiger partial charge is 0.357 e. The first kappa shape index (κ1) is 14.4. The first-order valence-electron chi connectivity index (χ1n) is 7.15. The van der Waals surface area contributed by atoms with Crippen LogP contribution in [0.4, 0.5) is 5.69 Å². The minimum atomic E-state index is -0.333. The molecule has 1 aliphatic heterocycles. The van der Waals surface area contributed by atoms with E-state index in [4.69, 9.17) is 4.74 Å². The Morgan fingerprint density at radius 2 is 2.36 bits per heavy atom. The van der Waals surface area contributed by atoms with Crippen LogP contribution < -0.4 is 5.32 Å². The molecule has 0 saturated carbocycles. The molecular formula is C15H16N4O3. The average molecular weight is 300 g/mol. The van der Waals surface area contributed by atoms with E-state index in [2.05, 4.69) is 15.4 Å². The van der Waals surface area contributed by atoms with E-state index in [0.29, 0.717) is 24.1 Å². The summed E-state index contributed by atoms with van der Waals surface area (Å²) in [4.78, 5) is 27.2. The monoisotopic (exact) mass is 300 g/mol. The minimum absolute atomic E-state index is 0.184. The molecule has 3 rings (SSSR count). The van der Waals surface area contributed by atoms with Gasteiger partial charge in [0.25, 0.3) is 5.91 Å². The van der Waals surface area contributed by atoms with E-state index in [9.17, 15) is 9.59 Å². The number of nitrogens with zero attached hydrogens (tertiary/aromatic N) is 3. The second kappa shape index (κ2) is 6.48. The lowest BCUT2D eigenvalue weighted by molar-refractivity contribution is -0.0395. The number of aromatic nitrogens is 3. The second-order valence-corrected chi connectivity index (χ2v) is 5.04. The van der Waals surface area contributed by atoms with Gasteiger partial charge in [-0.25, -0.2) is 4.68 Å². The number of nitrogens with one attached hydrogen (secondary N) is 1. The van der Waals surface area contributed by atoms with Gasteiger partial charge < -0.3 is 10.1 Å². The first-order chi connectivity index (χ1) is 10.8. The molecular weight excluding hydrogens is 284 g/mol. The molecule has 0 aliphatic carbocycles. The number of anilines is 1. The summed E-state index contributed by atoms with van der Waals surface area (Å²) in [6.07, 6.45) is 8.05. The summed E-state index contributed by atoms with van der Waals surface area (Å²) in [7, 11) is 0. The molecule has 3 heterocycles. The number of carbonyl (C=O) groups excluding carboxylic acids is 2. The molecule has 22 heavy (non-hydrogen) atoms. The van der Waals surface area contributed by atoms with Crippen molar-refractivity contribution in [3.05, 3.63) is 42.0 Å². The average Bonchev–Trinajstić information content (AvgIpc) is 2.99. The van der Waals surface area contributed by atoms with Crippen LogP contribution in [0.25, 0.3) is 0 Å². The van der Waals surface area contributed by atoms with Crippen LogP contribution in [0.15, 0.2) is 30.7 Å². The molecule has 2 aromatic heterocycles. The highest BCUT2D eigenvalue weighted by Gasteiger charge is 2.20. The molecule has 1 fully saturated rings. The highest BCUT2D eigenvalue weighted by molar-refractivity contribution is 6.05. The number of aldehydes is 1. The lowest BCUT2D eigenvalue weighted by Gasteiger charge is -2.22. The summed E-state index contributed by atoms with van der Waals surface area (Å²) in [5.74, 6) is -0.333.